The molecule has 0 radical (unpaired) electrons. The Balaban J connectivity index is 2.46. The first-order valence-electron chi connectivity index (χ1n) is 4.01. The topological polar surface area (TPSA) is 72.8 Å². The minimum atomic E-state index is -3.26. The number of rotatable bonds is 2. The van der Waals surface area contributed by atoms with E-state index in [9.17, 15) is 8.42 Å². The fourth-order valence-corrected chi connectivity index (χ4v) is 2.32. The number of aromatic nitrogens is 3. The molecule has 2 heterocycles. The van der Waals surface area contributed by atoms with Crippen molar-refractivity contribution in [1.82, 2.24) is 14.3 Å². The van der Waals surface area contributed by atoms with Crippen LogP contribution < -0.4 is 0 Å². The Hall–Kier alpha value is -1.34. The number of hydrogen-bond acceptors (Lipinski definition) is 6. The third-order valence-corrected chi connectivity index (χ3v) is 4.03. The average molecular weight is 241 g/mol. The van der Waals surface area contributed by atoms with Gasteiger partial charge in [-0.3, -0.25) is 4.98 Å². The third kappa shape index (κ3) is 2.18. The summed E-state index contributed by atoms with van der Waals surface area (Å²) in [5.41, 5.74) is 0.760. The van der Waals surface area contributed by atoms with Gasteiger partial charge in [-0.2, -0.15) is 4.37 Å². The molecule has 0 aliphatic heterocycles. The van der Waals surface area contributed by atoms with Gasteiger partial charge in [0, 0.05) is 24.2 Å². The first-order valence-corrected chi connectivity index (χ1v) is 6.68. The van der Waals surface area contributed by atoms with E-state index in [1.807, 2.05) is 0 Å². The van der Waals surface area contributed by atoms with Gasteiger partial charge in [0.25, 0.3) is 0 Å². The van der Waals surface area contributed by atoms with Crippen LogP contribution >= 0.6 is 11.5 Å². The summed E-state index contributed by atoms with van der Waals surface area (Å²) in [7, 11) is -3.26. The smallest absolute Gasteiger partial charge is 0.228 e. The van der Waals surface area contributed by atoms with Crippen LogP contribution in [0, 0.1) is 0 Å². The number of hydrogen-bond donors (Lipinski definition) is 0. The van der Waals surface area contributed by atoms with Gasteiger partial charge in [-0.15, -0.1) is 0 Å². The van der Waals surface area contributed by atoms with Crippen molar-refractivity contribution < 1.29 is 8.42 Å². The molecule has 0 aliphatic rings. The summed E-state index contributed by atoms with van der Waals surface area (Å²) in [6.07, 6.45) is 4.33. The Morgan fingerprint density at radius 2 is 1.93 bits per heavy atom. The summed E-state index contributed by atoms with van der Waals surface area (Å²) in [4.78, 5) is 7.80. The molecule has 0 unspecified atom stereocenters. The molecule has 2 aromatic heterocycles. The van der Waals surface area contributed by atoms with Crippen molar-refractivity contribution >= 4 is 21.4 Å². The summed E-state index contributed by atoms with van der Waals surface area (Å²) in [6.45, 7) is 0. The van der Waals surface area contributed by atoms with Crippen LogP contribution in [0.15, 0.2) is 28.9 Å². The van der Waals surface area contributed by atoms with Crippen LogP contribution in [0.5, 0.6) is 0 Å². The molecular formula is C8H7N3O2S2. The van der Waals surface area contributed by atoms with E-state index in [2.05, 4.69) is 14.3 Å². The third-order valence-electron chi connectivity index (χ3n) is 1.66. The highest BCUT2D eigenvalue weighted by atomic mass is 32.2. The standard InChI is InChI=1S/C8H7N3O2S2/c1-15(12,13)8-10-7(11-14-8)6-2-4-9-5-3-6/h2-5H,1H3. The molecule has 0 saturated heterocycles. The van der Waals surface area contributed by atoms with Crippen molar-refractivity contribution in [2.45, 2.75) is 4.34 Å². The van der Waals surface area contributed by atoms with Crippen LogP contribution in [0.1, 0.15) is 0 Å². The predicted octanol–water partition coefficient (Wildman–Crippen LogP) is 1.00. The number of pyridine rings is 1. The molecule has 15 heavy (non-hydrogen) atoms. The molecule has 0 aliphatic carbocycles. The normalized spacial score (nSPS) is 11.5. The van der Waals surface area contributed by atoms with E-state index in [1.165, 1.54) is 0 Å². The van der Waals surface area contributed by atoms with Crippen molar-refractivity contribution in [3.05, 3.63) is 24.5 Å². The van der Waals surface area contributed by atoms with Gasteiger partial charge in [-0.1, -0.05) is 0 Å². The zero-order valence-corrected chi connectivity index (χ0v) is 9.42. The van der Waals surface area contributed by atoms with Crippen molar-refractivity contribution in [3.63, 3.8) is 0 Å². The lowest BCUT2D eigenvalue weighted by Gasteiger charge is -1.91. The second kappa shape index (κ2) is 3.67. The minimum Gasteiger partial charge on any atom is -0.265 e. The van der Waals surface area contributed by atoms with Gasteiger partial charge in [-0.05, 0) is 23.7 Å². The first kappa shape index (κ1) is 10.2. The highest BCUT2D eigenvalue weighted by Gasteiger charge is 2.14. The molecule has 0 amide bonds. The molecule has 0 spiro atoms. The van der Waals surface area contributed by atoms with Gasteiger partial charge in [0.15, 0.2) is 5.82 Å². The van der Waals surface area contributed by atoms with Crippen LogP contribution in [0.2, 0.25) is 0 Å². The molecule has 2 rings (SSSR count). The maximum Gasteiger partial charge on any atom is 0.228 e. The summed E-state index contributed by atoms with van der Waals surface area (Å²) in [5.74, 6) is 0.419. The molecule has 0 fully saturated rings. The quantitative estimate of drug-likeness (QED) is 0.784. The molecule has 0 saturated carbocycles. The highest BCUT2D eigenvalue weighted by molar-refractivity contribution is 7.92. The maximum absolute atomic E-state index is 11.2. The van der Waals surface area contributed by atoms with Gasteiger partial charge in [0.2, 0.25) is 14.2 Å². The second-order valence-electron chi connectivity index (χ2n) is 2.89. The molecule has 78 valence electrons. The number of nitrogens with zero attached hydrogens (tertiary/aromatic N) is 3. The van der Waals surface area contributed by atoms with Crippen molar-refractivity contribution in [3.8, 4) is 11.4 Å². The lowest BCUT2D eigenvalue weighted by molar-refractivity contribution is 0.601. The van der Waals surface area contributed by atoms with Gasteiger partial charge in [0.1, 0.15) is 0 Å². The van der Waals surface area contributed by atoms with E-state index in [0.29, 0.717) is 5.82 Å². The fraction of sp³-hybridized carbons (Fsp3) is 0.125. The summed E-state index contributed by atoms with van der Waals surface area (Å²) >= 11 is 0.882. The molecule has 5 nitrogen and oxygen atoms in total. The summed E-state index contributed by atoms with van der Waals surface area (Å²) in [5, 5.41) is 0. The Labute approximate surface area is 90.9 Å². The molecule has 0 aromatic carbocycles. The molecule has 2 aromatic rings. The molecular weight excluding hydrogens is 234 g/mol. The van der Waals surface area contributed by atoms with Crippen molar-refractivity contribution in [2.24, 2.45) is 0 Å². The first-order chi connectivity index (χ1) is 7.07. The fourth-order valence-electron chi connectivity index (χ4n) is 0.978. The van der Waals surface area contributed by atoms with E-state index >= 15 is 0 Å². The number of sulfone groups is 1. The van der Waals surface area contributed by atoms with Gasteiger partial charge in [0.05, 0.1) is 0 Å². The summed E-state index contributed by atoms with van der Waals surface area (Å²) < 4.78 is 26.4. The Morgan fingerprint density at radius 1 is 1.27 bits per heavy atom. The zero-order chi connectivity index (χ0) is 10.9. The maximum atomic E-state index is 11.2. The van der Waals surface area contributed by atoms with Gasteiger partial charge < -0.3 is 0 Å². The predicted molar refractivity (Wildman–Crippen MR) is 56.2 cm³/mol. The second-order valence-corrected chi connectivity index (χ2v) is 5.83. The summed E-state index contributed by atoms with van der Waals surface area (Å²) in [6, 6.07) is 3.46. The Bertz CT molecular complexity index is 563. The van der Waals surface area contributed by atoms with E-state index in [1.54, 1.807) is 24.5 Å². The largest absolute Gasteiger partial charge is 0.265 e. The van der Waals surface area contributed by atoms with E-state index in [0.717, 1.165) is 23.4 Å². The molecule has 7 heteroatoms. The van der Waals surface area contributed by atoms with Crippen LogP contribution in [0.4, 0.5) is 0 Å². The van der Waals surface area contributed by atoms with E-state index in [-0.39, 0.29) is 4.34 Å². The monoisotopic (exact) mass is 241 g/mol. The lowest BCUT2D eigenvalue weighted by atomic mass is 10.3. The van der Waals surface area contributed by atoms with Crippen LogP contribution in [-0.4, -0.2) is 29.0 Å². The van der Waals surface area contributed by atoms with E-state index in [4.69, 9.17) is 0 Å². The zero-order valence-electron chi connectivity index (χ0n) is 7.78. The lowest BCUT2D eigenvalue weighted by Crippen LogP contribution is -1.95. The average Bonchev–Trinajstić information content (AvgIpc) is 2.67. The van der Waals surface area contributed by atoms with E-state index < -0.39 is 9.84 Å². The van der Waals surface area contributed by atoms with Gasteiger partial charge >= 0.3 is 0 Å². The SMILES string of the molecule is CS(=O)(=O)c1nc(-c2ccncc2)ns1. The van der Waals surface area contributed by atoms with Crippen LogP contribution in [-0.2, 0) is 9.84 Å². The Kier molecular flexibility index (Phi) is 2.49. The molecule has 0 bridgehead atoms. The minimum absolute atomic E-state index is 0.0364. The highest BCUT2D eigenvalue weighted by Crippen LogP contribution is 2.19. The van der Waals surface area contributed by atoms with Gasteiger partial charge in [-0.25, -0.2) is 13.4 Å². The Morgan fingerprint density at radius 3 is 2.47 bits per heavy atom. The van der Waals surface area contributed by atoms with Crippen molar-refractivity contribution in [2.75, 3.05) is 6.26 Å². The molecule has 0 atom stereocenters. The van der Waals surface area contributed by atoms with Crippen LogP contribution in [0.25, 0.3) is 11.4 Å². The molecule has 0 N–H and O–H groups in total. The van der Waals surface area contributed by atoms with Crippen molar-refractivity contribution in [1.29, 1.82) is 0 Å². The van der Waals surface area contributed by atoms with Crippen LogP contribution in [0.3, 0.4) is 0 Å².